The molecule has 0 spiro atoms. The molecule has 0 saturated carbocycles. The Morgan fingerprint density at radius 1 is 1.00 bits per heavy atom. The van der Waals surface area contributed by atoms with Gasteiger partial charge in [-0.2, -0.15) is 0 Å². The second-order valence-corrected chi connectivity index (χ2v) is 5.93. The lowest BCUT2D eigenvalue weighted by atomic mass is 9.92. The van der Waals surface area contributed by atoms with E-state index < -0.39 is 0 Å². The number of fused-ring (bicyclic) bond motifs is 1. The number of nitrogens with one attached hydrogen (secondary N) is 2. The first kappa shape index (κ1) is 13.0. The van der Waals surface area contributed by atoms with Crippen LogP contribution in [0.15, 0.2) is 42.5 Å². The summed E-state index contributed by atoms with van der Waals surface area (Å²) in [7, 11) is 0. The molecular weight excluding hydrogens is 244 g/mol. The van der Waals surface area contributed by atoms with Gasteiger partial charge in [-0.3, -0.25) is 0 Å². The Labute approximate surface area is 121 Å². The van der Waals surface area contributed by atoms with Crippen molar-refractivity contribution in [3.8, 4) is 0 Å². The average molecular weight is 266 g/mol. The minimum atomic E-state index is 0.379. The summed E-state index contributed by atoms with van der Waals surface area (Å²) in [4.78, 5) is 0. The van der Waals surface area contributed by atoms with Crippen molar-refractivity contribution < 1.29 is 0 Å². The van der Waals surface area contributed by atoms with Gasteiger partial charge >= 0.3 is 0 Å². The SMILES string of the molecule is Cc1ccc(NC2CC(C)Nc3ccc(C)cc32)cc1. The second kappa shape index (κ2) is 5.20. The van der Waals surface area contributed by atoms with Crippen LogP contribution in [0, 0.1) is 13.8 Å². The van der Waals surface area contributed by atoms with Gasteiger partial charge < -0.3 is 10.6 Å². The van der Waals surface area contributed by atoms with E-state index in [0.717, 1.165) is 6.42 Å². The monoisotopic (exact) mass is 266 g/mol. The van der Waals surface area contributed by atoms with Crippen LogP contribution in [0.5, 0.6) is 0 Å². The molecule has 104 valence electrons. The molecule has 2 aromatic carbocycles. The Balaban J connectivity index is 1.90. The van der Waals surface area contributed by atoms with Gasteiger partial charge in [0.15, 0.2) is 0 Å². The minimum Gasteiger partial charge on any atom is -0.382 e. The summed E-state index contributed by atoms with van der Waals surface area (Å²) >= 11 is 0. The van der Waals surface area contributed by atoms with Gasteiger partial charge in [0, 0.05) is 17.4 Å². The minimum absolute atomic E-state index is 0.379. The molecule has 0 bridgehead atoms. The Kier molecular flexibility index (Phi) is 3.39. The first-order chi connectivity index (χ1) is 9.61. The summed E-state index contributed by atoms with van der Waals surface area (Å²) in [5.74, 6) is 0. The van der Waals surface area contributed by atoms with E-state index in [-0.39, 0.29) is 0 Å². The zero-order chi connectivity index (χ0) is 14.1. The maximum Gasteiger partial charge on any atom is 0.0553 e. The first-order valence-electron chi connectivity index (χ1n) is 7.32. The normalized spacial score (nSPS) is 20.9. The summed E-state index contributed by atoms with van der Waals surface area (Å²) in [6.07, 6.45) is 1.10. The molecule has 2 aromatic rings. The standard InChI is InChI=1S/C18H22N2/c1-12-4-7-15(8-5-12)20-18-11-14(3)19-17-9-6-13(2)10-16(17)18/h4-10,14,18-20H,11H2,1-3H3. The second-order valence-electron chi connectivity index (χ2n) is 5.93. The molecule has 1 aliphatic rings. The van der Waals surface area contributed by atoms with Crippen LogP contribution in [0.3, 0.4) is 0 Å². The number of benzene rings is 2. The van der Waals surface area contributed by atoms with Gasteiger partial charge in [0.1, 0.15) is 0 Å². The van der Waals surface area contributed by atoms with Crippen LogP contribution in [0.1, 0.15) is 36.1 Å². The fraction of sp³-hybridized carbons (Fsp3) is 0.333. The maximum absolute atomic E-state index is 3.68. The lowest BCUT2D eigenvalue weighted by molar-refractivity contribution is 0.599. The number of rotatable bonds is 2. The number of hydrogen-bond acceptors (Lipinski definition) is 2. The number of anilines is 2. The molecule has 1 heterocycles. The van der Waals surface area contributed by atoms with E-state index in [1.54, 1.807) is 0 Å². The van der Waals surface area contributed by atoms with Crippen molar-refractivity contribution >= 4 is 11.4 Å². The molecule has 2 atom stereocenters. The van der Waals surface area contributed by atoms with Crippen LogP contribution in [0.4, 0.5) is 11.4 Å². The fourth-order valence-electron chi connectivity index (χ4n) is 2.89. The Morgan fingerprint density at radius 2 is 1.70 bits per heavy atom. The van der Waals surface area contributed by atoms with Crippen LogP contribution in [-0.2, 0) is 0 Å². The van der Waals surface area contributed by atoms with Gasteiger partial charge in [0.2, 0.25) is 0 Å². The van der Waals surface area contributed by atoms with Crippen molar-refractivity contribution in [2.24, 2.45) is 0 Å². The highest BCUT2D eigenvalue weighted by Gasteiger charge is 2.23. The molecule has 2 heteroatoms. The highest BCUT2D eigenvalue weighted by molar-refractivity contribution is 5.59. The molecule has 0 aromatic heterocycles. The molecule has 2 nitrogen and oxygen atoms in total. The summed E-state index contributed by atoms with van der Waals surface area (Å²) < 4.78 is 0. The van der Waals surface area contributed by atoms with Gasteiger partial charge in [0.25, 0.3) is 0 Å². The van der Waals surface area contributed by atoms with Crippen molar-refractivity contribution in [1.82, 2.24) is 0 Å². The smallest absolute Gasteiger partial charge is 0.0553 e. The average Bonchev–Trinajstić information content (AvgIpc) is 2.42. The lowest BCUT2D eigenvalue weighted by Gasteiger charge is -2.33. The summed E-state index contributed by atoms with van der Waals surface area (Å²) in [5.41, 5.74) is 6.45. The van der Waals surface area contributed by atoms with Crippen molar-refractivity contribution in [2.45, 2.75) is 39.3 Å². The topological polar surface area (TPSA) is 24.1 Å². The Bertz CT molecular complexity index is 601. The van der Waals surface area contributed by atoms with Crippen molar-refractivity contribution in [2.75, 3.05) is 10.6 Å². The lowest BCUT2D eigenvalue weighted by Crippen LogP contribution is -2.29. The largest absolute Gasteiger partial charge is 0.382 e. The fourth-order valence-corrected chi connectivity index (χ4v) is 2.89. The summed E-state index contributed by atoms with van der Waals surface area (Å²) in [6.45, 7) is 6.52. The van der Waals surface area contributed by atoms with E-state index in [1.165, 1.54) is 28.1 Å². The molecular formula is C18H22N2. The molecule has 0 amide bonds. The predicted molar refractivity (Wildman–Crippen MR) is 86.4 cm³/mol. The van der Waals surface area contributed by atoms with E-state index in [1.807, 2.05) is 0 Å². The Morgan fingerprint density at radius 3 is 2.45 bits per heavy atom. The zero-order valence-corrected chi connectivity index (χ0v) is 12.4. The number of hydrogen-bond donors (Lipinski definition) is 2. The van der Waals surface area contributed by atoms with Crippen LogP contribution in [-0.4, -0.2) is 6.04 Å². The highest BCUT2D eigenvalue weighted by atomic mass is 15.0. The first-order valence-corrected chi connectivity index (χ1v) is 7.32. The number of aryl methyl sites for hydroxylation is 2. The molecule has 0 radical (unpaired) electrons. The van der Waals surface area contributed by atoms with Crippen molar-refractivity contribution in [3.63, 3.8) is 0 Å². The van der Waals surface area contributed by atoms with Gasteiger partial charge in [-0.15, -0.1) is 0 Å². The van der Waals surface area contributed by atoms with Crippen molar-refractivity contribution in [1.29, 1.82) is 0 Å². The van der Waals surface area contributed by atoms with Crippen molar-refractivity contribution in [3.05, 3.63) is 59.2 Å². The van der Waals surface area contributed by atoms with Gasteiger partial charge in [-0.05, 0) is 51.0 Å². The molecule has 20 heavy (non-hydrogen) atoms. The highest BCUT2D eigenvalue weighted by Crippen LogP contribution is 2.35. The predicted octanol–water partition coefficient (Wildman–Crippen LogP) is 4.66. The third kappa shape index (κ3) is 2.64. The van der Waals surface area contributed by atoms with Gasteiger partial charge in [-0.1, -0.05) is 35.4 Å². The van der Waals surface area contributed by atoms with Crippen LogP contribution < -0.4 is 10.6 Å². The van der Waals surface area contributed by atoms with E-state index in [2.05, 4.69) is 73.9 Å². The van der Waals surface area contributed by atoms with Gasteiger partial charge in [-0.25, -0.2) is 0 Å². The summed E-state index contributed by atoms with van der Waals surface area (Å²) in [5, 5.41) is 7.25. The molecule has 1 aliphatic heterocycles. The van der Waals surface area contributed by atoms with E-state index >= 15 is 0 Å². The molecule has 2 N–H and O–H groups in total. The van der Waals surface area contributed by atoms with E-state index in [0.29, 0.717) is 12.1 Å². The molecule has 3 rings (SSSR count). The zero-order valence-electron chi connectivity index (χ0n) is 12.4. The third-order valence-corrected chi connectivity index (χ3v) is 3.97. The summed E-state index contributed by atoms with van der Waals surface area (Å²) in [6, 6.07) is 16.2. The Hall–Kier alpha value is -1.96. The van der Waals surface area contributed by atoms with Gasteiger partial charge in [0.05, 0.1) is 6.04 Å². The molecule has 0 saturated heterocycles. The van der Waals surface area contributed by atoms with Crippen LogP contribution >= 0.6 is 0 Å². The van der Waals surface area contributed by atoms with E-state index in [4.69, 9.17) is 0 Å². The third-order valence-electron chi connectivity index (χ3n) is 3.97. The molecule has 0 fully saturated rings. The molecule has 0 aliphatic carbocycles. The quantitative estimate of drug-likeness (QED) is 0.826. The van der Waals surface area contributed by atoms with Crippen LogP contribution in [0.25, 0.3) is 0 Å². The maximum atomic E-state index is 3.68. The van der Waals surface area contributed by atoms with E-state index in [9.17, 15) is 0 Å². The van der Waals surface area contributed by atoms with Crippen LogP contribution in [0.2, 0.25) is 0 Å². The molecule has 2 unspecified atom stereocenters.